The van der Waals surface area contributed by atoms with Crippen LogP contribution in [0.2, 0.25) is 0 Å². The van der Waals surface area contributed by atoms with Crippen LogP contribution >= 0.6 is 0 Å². The number of aromatic nitrogens is 1. The van der Waals surface area contributed by atoms with Crippen LogP contribution in [0.4, 0.5) is 0 Å². The maximum Gasteiger partial charge on any atom is 0.255 e. The third-order valence-electron chi connectivity index (χ3n) is 2.53. The Labute approximate surface area is 114 Å². The molecule has 1 amide bonds. The Morgan fingerprint density at radius 3 is 2.68 bits per heavy atom. The zero-order chi connectivity index (χ0) is 14.3. The van der Waals surface area contributed by atoms with E-state index in [1.807, 2.05) is 13.8 Å². The standard InChI is InChI=1S/C14H22N2O3/c1-11(2)19-13-7-6-12(10-15-13)14(17)16(3)8-5-9-18-4/h6-7,10-11H,5,8-9H2,1-4H3. The minimum absolute atomic E-state index is 0.0419. The van der Waals surface area contributed by atoms with E-state index in [9.17, 15) is 4.79 Å². The Morgan fingerprint density at radius 2 is 2.16 bits per heavy atom. The molecule has 0 atom stereocenters. The van der Waals surface area contributed by atoms with Gasteiger partial charge in [0.05, 0.1) is 11.7 Å². The number of hydrogen-bond donors (Lipinski definition) is 0. The van der Waals surface area contributed by atoms with Crippen molar-refractivity contribution < 1.29 is 14.3 Å². The van der Waals surface area contributed by atoms with Crippen molar-refractivity contribution in [2.75, 3.05) is 27.3 Å². The Bertz CT molecular complexity index is 390. The van der Waals surface area contributed by atoms with E-state index in [2.05, 4.69) is 4.98 Å². The summed E-state index contributed by atoms with van der Waals surface area (Å²) in [5.74, 6) is 0.494. The van der Waals surface area contributed by atoms with Crippen LogP contribution < -0.4 is 4.74 Å². The number of amides is 1. The molecule has 1 aromatic rings. The average molecular weight is 266 g/mol. The lowest BCUT2D eigenvalue weighted by molar-refractivity contribution is 0.0779. The first-order chi connectivity index (χ1) is 9.04. The van der Waals surface area contributed by atoms with Crippen molar-refractivity contribution in [2.24, 2.45) is 0 Å². The molecule has 0 saturated heterocycles. The van der Waals surface area contributed by atoms with E-state index in [0.29, 0.717) is 24.6 Å². The van der Waals surface area contributed by atoms with Crippen molar-refractivity contribution in [3.8, 4) is 5.88 Å². The van der Waals surface area contributed by atoms with Crippen molar-refractivity contribution in [1.29, 1.82) is 0 Å². The van der Waals surface area contributed by atoms with E-state index in [1.54, 1.807) is 37.4 Å². The zero-order valence-corrected chi connectivity index (χ0v) is 12.0. The van der Waals surface area contributed by atoms with Gasteiger partial charge in [0.1, 0.15) is 0 Å². The van der Waals surface area contributed by atoms with Gasteiger partial charge in [-0.05, 0) is 26.3 Å². The minimum Gasteiger partial charge on any atom is -0.475 e. The lowest BCUT2D eigenvalue weighted by Gasteiger charge is -2.17. The van der Waals surface area contributed by atoms with Crippen LogP contribution in [0.15, 0.2) is 18.3 Å². The van der Waals surface area contributed by atoms with Gasteiger partial charge in [-0.1, -0.05) is 0 Å². The fourth-order valence-corrected chi connectivity index (χ4v) is 1.59. The molecule has 5 nitrogen and oxygen atoms in total. The lowest BCUT2D eigenvalue weighted by Crippen LogP contribution is -2.28. The molecular formula is C14H22N2O3. The van der Waals surface area contributed by atoms with Crippen molar-refractivity contribution in [3.63, 3.8) is 0 Å². The van der Waals surface area contributed by atoms with E-state index >= 15 is 0 Å². The fraction of sp³-hybridized carbons (Fsp3) is 0.571. The van der Waals surface area contributed by atoms with E-state index in [4.69, 9.17) is 9.47 Å². The maximum absolute atomic E-state index is 12.1. The van der Waals surface area contributed by atoms with Gasteiger partial charge in [0.15, 0.2) is 0 Å². The number of carbonyl (C=O) groups excluding carboxylic acids is 1. The van der Waals surface area contributed by atoms with Gasteiger partial charge in [-0.15, -0.1) is 0 Å². The maximum atomic E-state index is 12.1. The number of methoxy groups -OCH3 is 1. The van der Waals surface area contributed by atoms with Crippen LogP contribution in [0.25, 0.3) is 0 Å². The molecular weight excluding hydrogens is 244 g/mol. The van der Waals surface area contributed by atoms with Crippen molar-refractivity contribution in [1.82, 2.24) is 9.88 Å². The van der Waals surface area contributed by atoms with Crippen LogP contribution in [0.5, 0.6) is 5.88 Å². The first kappa shape index (κ1) is 15.4. The molecule has 19 heavy (non-hydrogen) atoms. The van der Waals surface area contributed by atoms with Gasteiger partial charge >= 0.3 is 0 Å². The third-order valence-corrected chi connectivity index (χ3v) is 2.53. The molecule has 0 unspecified atom stereocenters. The molecule has 0 aliphatic heterocycles. The van der Waals surface area contributed by atoms with E-state index < -0.39 is 0 Å². The fourth-order valence-electron chi connectivity index (χ4n) is 1.59. The Kier molecular flexibility index (Phi) is 6.29. The van der Waals surface area contributed by atoms with Crippen LogP contribution in [-0.2, 0) is 4.74 Å². The number of pyridine rings is 1. The molecule has 0 aliphatic rings. The minimum atomic E-state index is -0.0419. The Morgan fingerprint density at radius 1 is 1.42 bits per heavy atom. The SMILES string of the molecule is COCCCN(C)C(=O)c1ccc(OC(C)C)nc1. The molecule has 1 rings (SSSR count). The van der Waals surface area contributed by atoms with Gasteiger partial charge < -0.3 is 14.4 Å². The topological polar surface area (TPSA) is 51.7 Å². The summed E-state index contributed by atoms with van der Waals surface area (Å²) in [5.41, 5.74) is 0.566. The quantitative estimate of drug-likeness (QED) is 0.708. The van der Waals surface area contributed by atoms with Crippen molar-refractivity contribution in [2.45, 2.75) is 26.4 Å². The highest BCUT2D eigenvalue weighted by Crippen LogP contribution is 2.11. The number of rotatable bonds is 7. The first-order valence-corrected chi connectivity index (χ1v) is 6.41. The highest BCUT2D eigenvalue weighted by Gasteiger charge is 2.12. The second-order valence-corrected chi connectivity index (χ2v) is 4.62. The molecule has 0 radical (unpaired) electrons. The van der Waals surface area contributed by atoms with Crippen LogP contribution in [-0.4, -0.2) is 49.2 Å². The molecule has 0 aromatic carbocycles. The summed E-state index contributed by atoms with van der Waals surface area (Å²) in [7, 11) is 3.43. The molecule has 1 aromatic heterocycles. The number of carbonyl (C=O) groups is 1. The largest absolute Gasteiger partial charge is 0.475 e. The molecule has 0 bridgehead atoms. The van der Waals surface area contributed by atoms with Crippen LogP contribution in [0.1, 0.15) is 30.6 Å². The number of ether oxygens (including phenoxy) is 2. The van der Waals surface area contributed by atoms with Gasteiger partial charge in [0, 0.05) is 39.6 Å². The van der Waals surface area contributed by atoms with E-state index in [1.165, 1.54) is 0 Å². The van der Waals surface area contributed by atoms with Gasteiger partial charge in [0.25, 0.3) is 5.91 Å². The van der Waals surface area contributed by atoms with Gasteiger partial charge in [-0.3, -0.25) is 4.79 Å². The predicted octanol–water partition coefficient (Wildman–Crippen LogP) is 1.98. The molecule has 0 saturated carbocycles. The summed E-state index contributed by atoms with van der Waals surface area (Å²) in [6, 6.07) is 3.45. The lowest BCUT2D eigenvalue weighted by atomic mass is 10.2. The van der Waals surface area contributed by atoms with Gasteiger partial charge in [-0.2, -0.15) is 0 Å². The number of hydrogen-bond acceptors (Lipinski definition) is 4. The number of nitrogens with zero attached hydrogens (tertiary/aromatic N) is 2. The summed E-state index contributed by atoms with van der Waals surface area (Å²) in [6.07, 6.45) is 2.44. The second kappa shape index (κ2) is 7.74. The van der Waals surface area contributed by atoms with Crippen LogP contribution in [0, 0.1) is 0 Å². The average Bonchev–Trinajstić information content (AvgIpc) is 2.38. The first-order valence-electron chi connectivity index (χ1n) is 6.41. The highest BCUT2D eigenvalue weighted by atomic mass is 16.5. The van der Waals surface area contributed by atoms with E-state index in [-0.39, 0.29) is 12.0 Å². The molecule has 0 spiro atoms. The predicted molar refractivity (Wildman–Crippen MR) is 73.5 cm³/mol. The van der Waals surface area contributed by atoms with Gasteiger partial charge in [0.2, 0.25) is 5.88 Å². The Balaban J connectivity index is 2.56. The Hall–Kier alpha value is -1.62. The molecule has 1 heterocycles. The third kappa shape index (κ3) is 5.26. The molecule has 0 aliphatic carbocycles. The van der Waals surface area contributed by atoms with Crippen molar-refractivity contribution in [3.05, 3.63) is 23.9 Å². The summed E-state index contributed by atoms with van der Waals surface area (Å²) in [4.78, 5) is 17.9. The van der Waals surface area contributed by atoms with Crippen molar-refractivity contribution >= 4 is 5.91 Å². The summed E-state index contributed by atoms with van der Waals surface area (Å²) >= 11 is 0. The second-order valence-electron chi connectivity index (χ2n) is 4.62. The zero-order valence-electron chi connectivity index (χ0n) is 12.0. The molecule has 0 N–H and O–H groups in total. The van der Waals surface area contributed by atoms with Gasteiger partial charge in [-0.25, -0.2) is 4.98 Å². The summed E-state index contributed by atoms with van der Waals surface area (Å²) < 4.78 is 10.4. The smallest absolute Gasteiger partial charge is 0.255 e. The molecule has 0 fully saturated rings. The molecule has 5 heteroatoms. The monoisotopic (exact) mass is 266 g/mol. The molecule has 106 valence electrons. The highest BCUT2D eigenvalue weighted by molar-refractivity contribution is 5.93. The summed E-state index contributed by atoms with van der Waals surface area (Å²) in [6.45, 7) is 5.18. The summed E-state index contributed by atoms with van der Waals surface area (Å²) in [5, 5.41) is 0. The van der Waals surface area contributed by atoms with Crippen LogP contribution in [0.3, 0.4) is 0 Å². The normalized spacial score (nSPS) is 10.6. The van der Waals surface area contributed by atoms with E-state index in [0.717, 1.165) is 6.42 Å².